The van der Waals surface area contributed by atoms with Crippen LogP contribution in [0.3, 0.4) is 0 Å². The number of piperazine rings is 1. The summed E-state index contributed by atoms with van der Waals surface area (Å²) in [5.74, 6) is -0.235. The van der Waals surface area contributed by atoms with Crippen LogP contribution >= 0.6 is 11.6 Å². The van der Waals surface area contributed by atoms with E-state index in [0.717, 1.165) is 23.4 Å². The Bertz CT molecular complexity index is 744. The van der Waals surface area contributed by atoms with Gasteiger partial charge in [0.2, 0.25) is 5.91 Å². The van der Waals surface area contributed by atoms with Gasteiger partial charge in [0.1, 0.15) is 11.0 Å². The first-order valence-corrected chi connectivity index (χ1v) is 8.28. The van der Waals surface area contributed by atoms with E-state index in [0.29, 0.717) is 24.8 Å². The van der Waals surface area contributed by atoms with Crippen molar-refractivity contribution in [2.45, 2.75) is 33.0 Å². The molecule has 0 spiro atoms. The Morgan fingerprint density at radius 2 is 2.04 bits per heavy atom. The number of aromatic nitrogens is 2. The number of benzene rings is 1. The first-order valence-electron chi connectivity index (χ1n) is 7.90. The van der Waals surface area contributed by atoms with Crippen LogP contribution in [-0.4, -0.2) is 39.7 Å². The van der Waals surface area contributed by atoms with Gasteiger partial charge in [-0.15, -0.1) is 0 Å². The summed E-state index contributed by atoms with van der Waals surface area (Å²) in [5, 5.41) is 7.96. The molecule has 7 heteroatoms. The zero-order valence-corrected chi connectivity index (χ0v) is 14.5. The highest BCUT2D eigenvalue weighted by atomic mass is 35.5. The molecule has 3 rings (SSSR count). The minimum absolute atomic E-state index is 0.0289. The third kappa shape index (κ3) is 3.76. The fourth-order valence-electron chi connectivity index (χ4n) is 3.00. The number of carbonyl (C=O) groups is 1. The predicted octanol–water partition coefficient (Wildman–Crippen LogP) is 2.35. The monoisotopic (exact) mass is 350 g/mol. The van der Waals surface area contributed by atoms with E-state index in [1.54, 1.807) is 16.8 Å². The van der Waals surface area contributed by atoms with Crippen molar-refractivity contribution < 1.29 is 9.18 Å². The average molecular weight is 351 g/mol. The largest absolute Gasteiger partial charge is 0.351 e. The van der Waals surface area contributed by atoms with Crippen LogP contribution in [-0.2, 0) is 17.9 Å². The molecule has 1 amide bonds. The molecule has 2 heterocycles. The molecular formula is C17H20ClFN4O. The number of nitrogens with zero attached hydrogens (tertiary/aromatic N) is 3. The van der Waals surface area contributed by atoms with E-state index in [1.807, 2.05) is 13.8 Å². The number of halogens is 2. The third-order valence-electron chi connectivity index (χ3n) is 4.12. The normalized spacial score (nSPS) is 18.7. The molecular weight excluding hydrogens is 331 g/mol. The maximum Gasteiger partial charge on any atom is 0.234 e. The summed E-state index contributed by atoms with van der Waals surface area (Å²) >= 11 is 6.50. The van der Waals surface area contributed by atoms with Gasteiger partial charge in [0.05, 0.1) is 18.8 Å². The predicted molar refractivity (Wildman–Crippen MR) is 90.4 cm³/mol. The van der Waals surface area contributed by atoms with E-state index >= 15 is 0 Å². The van der Waals surface area contributed by atoms with Crippen molar-refractivity contribution in [1.82, 2.24) is 20.0 Å². The second-order valence-electron chi connectivity index (χ2n) is 6.28. The Labute approximate surface area is 145 Å². The molecule has 1 aromatic carbocycles. The minimum Gasteiger partial charge on any atom is -0.351 e. The van der Waals surface area contributed by atoms with Crippen LogP contribution < -0.4 is 5.32 Å². The molecule has 0 radical (unpaired) electrons. The zero-order valence-electron chi connectivity index (χ0n) is 13.7. The van der Waals surface area contributed by atoms with Gasteiger partial charge in [-0.3, -0.25) is 9.69 Å². The lowest BCUT2D eigenvalue weighted by atomic mass is 10.2. The van der Waals surface area contributed by atoms with Gasteiger partial charge < -0.3 is 5.32 Å². The summed E-state index contributed by atoms with van der Waals surface area (Å²) in [5.41, 5.74) is 2.71. The van der Waals surface area contributed by atoms with E-state index in [-0.39, 0.29) is 17.8 Å². The highest BCUT2D eigenvalue weighted by Crippen LogP contribution is 2.23. The van der Waals surface area contributed by atoms with Crippen molar-refractivity contribution >= 4 is 17.5 Å². The second kappa shape index (κ2) is 6.91. The number of amides is 1. The van der Waals surface area contributed by atoms with Crippen molar-refractivity contribution in [3.63, 3.8) is 0 Å². The fourth-order valence-corrected chi connectivity index (χ4v) is 3.30. The summed E-state index contributed by atoms with van der Waals surface area (Å²) in [4.78, 5) is 13.8. The molecule has 1 atom stereocenters. The van der Waals surface area contributed by atoms with Gasteiger partial charge in [-0.1, -0.05) is 23.7 Å². The standard InChI is InChI=1S/C17H20ClFN4O/c1-11-7-22(10-16(24)20-11)9-15-12(2)21-23(17(15)18)8-13-3-5-14(19)6-4-13/h3-6,11H,7-10H2,1-2H3,(H,20,24). The van der Waals surface area contributed by atoms with Crippen molar-refractivity contribution in [2.75, 3.05) is 13.1 Å². The molecule has 1 fully saturated rings. The van der Waals surface area contributed by atoms with Crippen molar-refractivity contribution in [3.05, 3.63) is 52.1 Å². The molecule has 1 N–H and O–H groups in total. The van der Waals surface area contributed by atoms with Crippen LogP contribution in [0.1, 0.15) is 23.7 Å². The number of rotatable bonds is 4. The van der Waals surface area contributed by atoms with Gasteiger partial charge in [0, 0.05) is 24.7 Å². The maximum atomic E-state index is 13.0. The van der Waals surface area contributed by atoms with E-state index in [2.05, 4.69) is 15.3 Å². The lowest BCUT2D eigenvalue weighted by molar-refractivity contribution is -0.125. The average Bonchev–Trinajstić information content (AvgIpc) is 2.76. The molecule has 128 valence electrons. The number of aryl methyl sites for hydroxylation is 1. The first-order chi connectivity index (χ1) is 11.4. The zero-order chi connectivity index (χ0) is 17.3. The number of carbonyl (C=O) groups excluding carboxylic acids is 1. The van der Waals surface area contributed by atoms with E-state index in [1.165, 1.54) is 12.1 Å². The van der Waals surface area contributed by atoms with Gasteiger partial charge in [-0.25, -0.2) is 9.07 Å². The Hall–Kier alpha value is -1.92. The SMILES string of the molecule is Cc1nn(Cc2ccc(F)cc2)c(Cl)c1CN1CC(=O)NC(C)C1. The molecule has 1 aliphatic heterocycles. The van der Waals surface area contributed by atoms with Crippen molar-refractivity contribution in [1.29, 1.82) is 0 Å². The fraction of sp³-hybridized carbons (Fsp3) is 0.412. The van der Waals surface area contributed by atoms with Crippen LogP contribution in [0, 0.1) is 12.7 Å². The maximum absolute atomic E-state index is 13.0. The number of nitrogens with one attached hydrogen (secondary N) is 1. The summed E-state index contributed by atoms with van der Waals surface area (Å²) in [6.07, 6.45) is 0. The summed E-state index contributed by atoms with van der Waals surface area (Å²) < 4.78 is 14.7. The number of hydrogen-bond donors (Lipinski definition) is 1. The molecule has 1 aromatic heterocycles. The second-order valence-corrected chi connectivity index (χ2v) is 6.64. The molecule has 0 saturated carbocycles. The van der Waals surface area contributed by atoms with Gasteiger partial charge >= 0.3 is 0 Å². The lowest BCUT2D eigenvalue weighted by Gasteiger charge is -2.31. The first kappa shape index (κ1) is 16.9. The smallest absolute Gasteiger partial charge is 0.234 e. The molecule has 5 nitrogen and oxygen atoms in total. The van der Waals surface area contributed by atoms with E-state index in [4.69, 9.17) is 11.6 Å². The van der Waals surface area contributed by atoms with E-state index in [9.17, 15) is 9.18 Å². The van der Waals surface area contributed by atoms with Crippen molar-refractivity contribution in [2.24, 2.45) is 0 Å². The van der Waals surface area contributed by atoms with Gasteiger partial charge in [-0.05, 0) is 31.5 Å². The van der Waals surface area contributed by atoms with Crippen LogP contribution in [0.15, 0.2) is 24.3 Å². The summed E-state index contributed by atoms with van der Waals surface area (Å²) in [6, 6.07) is 6.42. The Morgan fingerprint density at radius 1 is 1.33 bits per heavy atom. The Balaban J connectivity index is 1.76. The molecule has 2 aromatic rings. The topological polar surface area (TPSA) is 50.2 Å². The molecule has 1 saturated heterocycles. The highest BCUT2D eigenvalue weighted by molar-refractivity contribution is 6.30. The molecule has 24 heavy (non-hydrogen) atoms. The molecule has 0 bridgehead atoms. The lowest BCUT2D eigenvalue weighted by Crippen LogP contribution is -2.52. The van der Waals surface area contributed by atoms with Gasteiger partial charge in [-0.2, -0.15) is 5.10 Å². The van der Waals surface area contributed by atoms with E-state index < -0.39 is 0 Å². The quantitative estimate of drug-likeness (QED) is 0.921. The molecule has 1 aliphatic rings. The summed E-state index contributed by atoms with van der Waals surface area (Å²) in [7, 11) is 0. The Kier molecular flexibility index (Phi) is 4.87. The van der Waals surface area contributed by atoms with Crippen molar-refractivity contribution in [3.8, 4) is 0 Å². The van der Waals surface area contributed by atoms with Crippen LogP contribution in [0.4, 0.5) is 4.39 Å². The van der Waals surface area contributed by atoms with Crippen LogP contribution in [0.25, 0.3) is 0 Å². The third-order valence-corrected chi connectivity index (χ3v) is 4.54. The summed E-state index contributed by atoms with van der Waals surface area (Å²) in [6.45, 7) is 6.11. The minimum atomic E-state index is -0.264. The van der Waals surface area contributed by atoms with Gasteiger partial charge in [0.15, 0.2) is 0 Å². The number of hydrogen-bond acceptors (Lipinski definition) is 3. The Morgan fingerprint density at radius 3 is 2.71 bits per heavy atom. The molecule has 0 aliphatic carbocycles. The van der Waals surface area contributed by atoms with Gasteiger partial charge in [0.25, 0.3) is 0 Å². The highest BCUT2D eigenvalue weighted by Gasteiger charge is 2.24. The van der Waals surface area contributed by atoms with Crippen LogP contribution in [0.5, 0.6) is 0 Å². The van der Waals surface area contributed by atoms with Crippen LogP contribution in [0.2, 0.25) is 5.15 Å². The molecule has 1 unspecified atom stereocenters.